The summed E-state index contributed by atoms with van der Waals surface area (Å²) in [6.07, 6.45) is 5.78. The van der Waals surface area contributed by atoms with E-state index >= 15 is 0 Å². The van der Waals surface area contributed by atoms with Gasteiger partial charge in [0.1, 0.15) is 0 Å². The highest BCUT2D eigenvalue weighted by Crippen LogP contribution is 2.39. The minimum Gasteiger partial charge on any atom is -0.310 e. The Balaban J connectivity index is 1.52. The van der Waals surface area contributed by atoms with Gasteiger partial charge in [0, 0.05) is 17.1 Å². The molecule has 2 saturated carbocycles. The Morgan fingerprint density at radius 2 is 2.11 bits per heavy atom. The van der Waals surface area contributed by atoms with Crippen LogP contribution < -0.4 is 5.32 Å². The highest BCUT2D eigenvalue weighted by Gasteiger charge is 2.35. The van der Waals surface area contributed by atoms with E-state index in [0.29, 0.717) is 18.0 Å². The van der Waals surface area contributed by atoms with Crippen LogP contribution in [0, 0.1) is 17.2 Å². The Morgan fingerprint density at radius 1 is 1.26 bits per heavy atom. The van der Waals surface area contributed by atoms with Crippen LogP contribution in [0.1, 0.15) is 43.6 Å². The van der Waals surface area contributed by atoms with Crippen molar-refractivity contribution in [1.82, 2.24) is 5.32 Å². The third-order valence-electron chi connectivity index (χ3n) is 4.59. The molecule has 2 aliphatic rings. The summed E-state index contributed by atoms with van der Waals surface area (Å²) in [5.74, 6) is 0.864. The van der Waals surface area contributed by atoms with Gasteiger partial charge in [0.15, 0.2) is 0 Å². The molecule has 2 atom stereocenters. The Labute approximate surface area is 119 Å². The standard InChI is InChI=1S/C16H19ClN2/c17-14-5-1-3-11(7-14)13-8-15(9-13)19-16-6-2-4-12(16)10-18/h1,3,5,7,12-13,15-16,19H,2,4,6,8-9H2. The molecule has 2 nitrogen and oxygen atoms in total. The van der Waals surface area contributed by atoms with Gasteiger partial charge in [-0.3, -0.25) is 0 Å². The molecule has 2 aliphatic carbocycles. The normalized spacial score (nSPS) is 33.7. The van der Waals surface area contributed by atoms with E-state index in [2.05, 4.69) is 23.5 Å². The van der Waals surface area contributed by atoms with Crippen molar-refractivity contribution < 1.29 is 0 Å². The maximum Gasteiger partial charge on any atom is 0.0672 e. The second-order valence-corrected chi connectivity index (χ2v) is 6.30. The maximum atomic E-state index is 9.10. The second-order valence-electron chi connectivity index (χ2n) is 5.86. The van der Waals surface area contributed by atoms with Crippen molar-refractivity contribution in [2.75, 3.05) is 0 Å². The first kappa shape index (κ1) is 13.0. The van der Waals surface area contributed by atoms with Gasteiger partial charge in [0.25, 0.3) is 0 Å². The fourth-order valence-corrected chi connectivity index (χ4v) is 3.60. The maximum absolute atomic E-state index is 9.10. The number of nitrogens with one attached hydrogen (secondary N) is 1. The number of nitriles is 1. The summed E-state index contributed by atoms with van der Waals surface area (Å²) < 4.78 is 0. The topological polar surface area (TPSA) is 35.8 Å². The zero-order chi connectivity index (χ0) is 13.2. The average molecular weight is 275 g/mol. The molecule has 0 spiro atoms. The highest BCUT2D eigenvalue weighted by atomic mass is 35.5. The Morgan fingerprint density at radius 3 is 2.84 bits per heavy atom. The summed E-state index contributed by atoms with van der Waals surface area (Å²) in [7, 11) is 0. The predicted octanol–water partition coefficient (Wildman–Crippen LogP) is 3.87. The van der Waals surface area contributed by atoms with Crippen molar-refractivity contribution in [2.24, 2.45) is 5.92 Å². The molecular weight excluding hydrogens is 256 g/mol. The molecule has 3 rings (SSSR count). The molecule has 2 unspecified atom stereocenters. The zero-order valence-corrected chi connectivity index (χ0v) is 11.7. The molecule has 0 aliphatic heterocycles. The molecular formula is C16H19ClN2. The van der Waals surface area contributed by atoms with Crippen molar-refractivity contribution in [2.45, 2.75) is 50.1 Å². The third-order valence-corrected chi connectivity index (χ3v) is 4.82. The first-order valence-corrected chi connectivity index (χ1v) is 7.55. The summed E-state index contributed by atoms with van der Waals surface area (Å²) in [6.45, 7) is 0. The van der Waals surface area contributed by atoms with E-state index in [4.69, 9.17) is 16.9 Å². The monoisotopic (exact) mass is 274 g/mol. The highest BCUT2D eigenvalue weighted by molar-refractivity contribution is 6.30. The summed E-state index contributed by atoms with van der Waals surface area (Å²) >= 11 is 6.03. The lowest BCUT2D eigenvalue weighted by atomic mass is 9.75. The number of rotatable bonds is 3. The van der Waals surface area contributed by atoms with Gasteiger partial charge < -0.3 is 5.32 Å². The van der Waals surface area contributed by atoms with Gasteiger partial charge in [-0.15, -0.1) is 0 Å². The lowest BCUT2D eigenvalue weighted by Gasteiger charge is -2.38. The molecule has 0 amide bonds. The summed E-state index contributed by atoms with van der Waals surface area (Å²) in [6, 6.07) is 11.7. The number of hydrogen-bond acceptors (Lipinski definition) is 2. The zero-order valence-electron chi connectivity index (χ0n) is 11.0. The van der Waals surface area contributed by atoms with Crippen LogP contribution in [0.15, 0.2) is 24.3 Å². The van der Waals surface area contributed by atoms with E-state index in [1.54, 1.807) is 0 Å². The van der Waals surface area contributed by atoms with Crippen molar-refractivity contribution >= 4 is 11.6 Å². The Hall–Kier alpha value is -1.04. The largest absolute Gasteiger partial charge is 0.310 e. The van der Waals surface area contributed by atoms with Crippen LogP contribution in [0.2, 0.25) is 5.02 Å². The second kappa shape index (κ2) is 5.53. The lowest BCUT2D eigenvalue weighted by molar-refractivity contribution is 0.254. The van der Waals surface area contributed by atoms with E-state index in [9.17, 15) is 0 Å². The Bertz CT molecular complexity index is 488. The first-order chi connectivity index (χ1) is 9.26. The molecule has 0 heterocycles. The summed E-state index contributed by atoms with van der Waals surface area (Å²) in [4.78, 5) is 0. The van der Waals surface area contributed by atoms with Gasteiger partial charge >= 0.3 is 0 Å². The predicted molar refractivity (Wildman–Crippen MR) is 77.1 cm³/mol. The molecule has 1 aromatic carbocycles. The smallest absolute Gasteiger partial charge is 0.0672 e. The van der Waals surface area contributed by atoms with Crippen LogP contribution in [0.25, 0.3) is 0 Å². The van der Waals surface area contributed by atoms with Crippen molar-refractivity contribution in [3.63, 3.8) is 0 Å². The summed E-state index contributed by atoms with van der Waals surface area (Å²) in [5, 5.41) is 13.6. The number of halogens is 1. The van der Waals surface area contributed by atoms with E-state index in [1.807, 2.05) is 12.1 Å². The van der Waals surface area contributed by atoms with E-state index in [-0.39, 0.29) is 5.92 Å². The van der Waals surface area contributed by atoms with E-state index in [1.165, 1.54) is 24.8 Å². The van der Waals surface area contributed by atoms with Crippen LogP contribution in [-0.4, -0.2) is 12.1 Å². The number of hydrogen-bond donors (Lipinski definition) is 1. The molecule has 0 aromatic heterocycles. The van der Waals surface area contributed by atoms with Crippen LogP contribution in [0.5, 0.6) is 0 Å². The Kier molecular flexibility index (Phi) is 3.77. The average Bonchev–Trinajstić information content (AvgIpc) is 2.80. The van der Waals surface area contributed by atoms with Crippen molar-refractivity contribution in [3.8, 4) is 6.07 Å². The van der Waals surface area contributed by atoms with Crippen LogP contribution in [-0.2, 0) is 0 Å². The van der Waals surface area contributed by atoms with Crippen LogP contribution in [0.3, 0.4) is 0 Å². The van der Waals surface area contributed by atoms with Crippen molar-refractivity contribution in [1.29, 1.82) is 5.26 Å². The van der Waals surface area contributed by atoms with Crippen molar-refractivity contribution in [3.05, 3.63) is 34.9 Å². The third kappa shape index (κ3) is 2.78. The van der Waals surface area contributed by atoms with E-state index in [0.717, 1.165) is 17.9 Å². The molecule has 2 fully saturated rings. The van der Waals surface area contributed by atoms with Gasteiger partial charge in [-0.2, -0.15) is 5.26 Å². The summed E-state index contributed by atoms with van der Waals surface area (Å²) in [5.41, 5.74) is 1.36. The molecule has 0 bridgehead atoms. The minimum absolute atomic E-state index is 0.227. The quantitative estimate of drug-likeness (QED) is 0.908. The fraction of sp³-hybridized carbons (Fsp3) is 0.562. The SMILES string of the molecule is N#CC1CCCC1NC1CC(c2cccc(Cl)c2)C1. The fourth-order valence-electron chi connectivity index (χ4n) is 3.40. The van der Waals surface area contributed by atoms with Gasteiger partial charge in [0.05, 0.1) is 12.0 Å². The van der Waals surface area contributed by atoms with Gasteiger partial charge in [-0.25, -0.2) is 0 Å². The minimum atomic E-state index is 0.227. The molecule has 1 aromatic rings. The molecule has 3 heteroatoms. The molecule has 19 heavy (non-hydrogen) atoms. The van der Waals surface area contributed by atoms with Gasteiger partial charge in [-0.1, -0.05) is 30.2 Å². The van der Waals surface area contributed by atoms with Crippen LogP contribution >= 0.6 is 11.6 Å². The molecule has 0 saturated heterocycles. The first-order valence-electron chi connectivity index (χ1n) is 7.17. The molecule has 1 N–H and O–H groups in total. The van der Waals surface area contributed by atoms with Crippen LogP contribution in [0.4, 0.5) is 0 Å². The molecule has 0 radical (unpaired) electrons. The molecule has 100 valence electrons. The van der Waals surface area contributed by atoms with E-state index < -0.39 is 0 Å². The van der Waals surface area contributed by atoms with Gasteiger partial charge in [0.2, 0.25) is 0 Å². The van der Waals surface area contributed by atoms with Gasteiger partial charge in [-0.05, 0) is 49.3 Å². The number of benzene rings is 1. The lowest BCUT2D eigenvalue weighted by Crippen LogP contribution is -2.46. The number of nitrogens with zero attached hydrogens (tertiary/aromatic N) is 1.